The van der Waals surface area contributed by atoms with Gasteiger partial charge in [0.2, 0.25) is 11.8 Å². The lowest BCUT2D eigenvalue weighted by atomic mass is 9.83. The third-order valence-corrected chi connectivity index (χ3v) is 5.99. The third-order valence-electron chi connectivity index (χ3n) is 5.99. The summed E-state index contributed by atoms with van der Waals surface area (Å²) in [4.78, 5) is 20.5. The van der Waals surface area contributed by atoms with E-state index in [1.165, 1.54) is 19.3 Å². The Balaban J connectivity index is 1.25. The number of piperidine rings is 1. The van der Waals surface area contributed by atoms with E-state index in [2.05, 4.69) is 10.2 Å². The number of carbonyl (C=O) groups excluding carboxylic acids is 1. The SMILES string of the molecule is O=C1N2C[C@@H](CC[C@H]2c2nnc(CC3CCC3)o2)N1OCc1ccccc1. The van der Waals surface area contributed by atoms with Crippen LogP contribution in [0.5, 0.6) is 0 Å². The highest BCUT2D eigenvalue weighted by Crippen LogP contribution is 2.38. The van der Waals surface area contributed by atoms with Crippen LogP contribution >= 0.6 is 0 Å². The number of carbonyl (C=O) groups is 1. The third kappa shape index (κ3) is 3.20. The van der Waals surface area contributed by atoms with Crippen molar-refractivity contribution in [3.63, 3.8) is 0 Å². The maximum absolute atomic E-state index is 12.9. The maximum atomic E-state index is 12.9. The highest BCUT2D eigenvalue weighted by Gasteiger charge is 2.47. The Labute approximate surface area is 158 Å². The van der Waals surface area contributed by atoms with Gasteiger partial charge < -0.3 is 9.32 Å². The Morgan fingerprint density at radius 3 is 2.74 bits per heavy atom. The van der Waals surface area contributed by atoms with E-state index in [9.17, 15) is 4.79 Å². The summed E-state index contributed by atoms with van der Waals surface area (Å²) in [6.07, 6.45) is 6.37. The minimum absolute atomic E-state index is 0.0924. The van der Waals surface area contributed by atoms with E-state index < -0.39 is 0 Å². The van der Waals surface area contributed by atoms with Gasteiger partial charge in [0.15, 0.2) is 0 Å². The molecule has 0 radical (unpaired) electrons. The Morgan fingerprint density at radius 2 is 1.96 bits per heavy atom. The van der Waals surface area contributed by atoms with Crippen LogP contribution in [-0.4, -0.2) is 38.8 Å². The number of urea groups is 1. The van der Waals surface area contributed by atoms with Crippen molar-refractivity contribution in [2.75, 3.05) is 6.54 Å². The van der Waals surface area contributed by atoms with Gasteiger partial charge in [-0.25, -0.2) is 4.79 Å². The van der Waals surface area contributed by atoms with Gasteiger partial charge in [0.25, 0.3) is 0 Å². The van der Waals surface area contributed by atoms with Gasteiger partial charge in [-0.15, -0.1) is 10.2 Å². The fraction of sp³-hybridized carbons (Fsp3) is 0.550. The molecule has 7 heteroatoms. The van der Waals surface area contributed by atoms with Crippen molar-refractivity contribution in [2.24, 2.45) is 5.92 Å². The minimum Gasteiger partial charge on any atom is -0.423 e. The van der Waals surface area contributed by atoms with E-state index >= 15 is 0 Å². The van der Waals surface area contributed by atoms with Gasteiger partial charge in [-0.3, -0.25) is 4.84 Å². The second-order valence-corrected chi connectivity index (χ2v) is 7.80. The molecule has 0 N–H and O–H groups in total. The van der Waals surface area contributed by atoms with Crippen LogP contribution in [0.3, 0.4) is 0 Å². The van der Waals surface area contributed by atoms with Crippen LogP contribution in [-0.2, 0) is 17.9 Å². The van der Waals surface area contributed by atoms with E-state index in [0.29, 0.717) is 30.9 Å². The number of hydrogen-bond donors (Lipinski definition) is 0. The van der Waals surface area contributed by atoms with Crippen LogP contribution in [0.15, 0.2) is 34.7 Å². The largest absolute Gasteiger partial charge is 0.423 e. The summed E-state index contributed by atoms with van der Waals surface area (Å²) in [6, 6.07) is 9.76. The second kappa shape index (κ2) is 6.96. The lowest BCUT2D eigenvalue weighted by Crippen LogP contribution is -2.34. The van der Waals surface area contributed by atoms with Gasteiger partial charge in [0.1, 0.15) is 12.6 Å². The molecule has 3 aliphatic rings. The summed E-state index contributed by atoms with van der Waals surface area (Å²) >= 11 is 0. The topological polar surface area (TPSA) is 71.7 Å². The van der Waals surface area contributed by atoms with Gasteiger partial charge in [-0.2, -0.15) is 5.06 Å². The molecule has 1 aliphatic carbocycles. The summed E-state index contributed by atoms with van der Waals surface area (Å²) in [5.41, 5.74) is 1.05. The quantitative estimate of drug-likeness (QED) is 0.780. The van der Waals surface area contributed by atoms with Crippen molar-refractivity contribution in [3.05, 3.63) is 47.7 Å². The maximum Gasteiger partial charge on any atom is 0.345 e. The van der Waals surface area contributed by atoms with Crippen LogP contribution in [0.2, 0.25) is 0 Å². The highest BCUT2D eigenvalue weighted by molar-refractivity contribution is 5.77. The standard InChI is InChI=1S/C20H24N4O3/c25-20-23-12-16(24(20)26-13-15-5-2-1-3-6-15)9-10-17(23)19-22-21-18(27-19)11-14-7-4-8-14/h1-3,5-6,14,16-17H,4,7-13H2/t16-,17+/m1/s1. The van der Waals surface area contributed by atoms with Crippen molar-refractivity contribution in [1.82, 2.24) is 20.2 Å². The fourth-order valence-corrected chi connectivity index (χ4v) is 4.20. The van der Waals surface area contributed by atoms with E-state index in [1.807, 2.05) is 35.2 Å². The van der Waals surface area contributed by atoms with Gasteiger partial charge in [-0.1, -0.05) is 36.8 Å². The van der Waals surface area contributed by atoms with Gasteiger partial charge in [0.05, 0.1) is 6.04 Å². The summed E-state index contributed by atoms with van der Waals surface area (Å²) in [5.74, 6) is 1.96. The number of rotatable bonds is 6. The van der Waals surface area contributed by atoms with E-state index in [0.717, 1.165) is 24.8 Å². The normalized spacial score (nSPS) is 25.1. The Hall–Kier alpha value is -2.41. The second-order valence-electron chi connectivity index (χ2n) is 7.80. The van der Waals surface area contributed by atoms with Crippen molar-refractivity contribution in [3.8, 4) is 0 Å². The first kappa shape index (κ1) is 16.7. The summed E-state index contributed by atoms with van der Waals surface area (Å²) in [6.45, 7) is 1.05. The monoisotopic (exact) mass is 368 g/mol. The molecule has 142 valence electrons. The molecule has 2 saturated heterocycles. The van der Waals surface area contributed by atoms with Crippen LogP contribution in [0.4, 0.5) is 4.79 Å². The lowest BCUT2D eigenvalue weighted by Gasteiger charge is -2.27. The smallest absolute Gasteiger partial charge is 0.345 e. The molecule has 0 spiro atoms. The molecular formula is C20H24N4O3. The number of nitrogens with zero attached hydrogens (tertiary/aromatic N) is 4. The molecule has 27 heavy (non-hydrogen) atoms. The van der Waals surface area contributed by atoms with Gasteiger partial charge in [0, 0.05) is 13.0 Å². The molecular weight excluding hydrogens is 344 g/mol. The highest BCUT2D eigenvalue weighted by atomic mass is 16.7. The molecule has 1 aromatic carbocycles. The average molecular weight is 368 g/mol. The predicted molar refractivity (Wildman–Crippen MR) is 96.3 cm³/mol. The molecule has 1 aromatic heterocycles. The number of amides is 2. The molecule has 2 aromatic rings. The summed E-state index contributed by atoms with van der Waals surface area (Å²) < 4.78 is 5.92. The van der Waals surface area contributed by atoms with E-state index in [4.69, 9.17) is 9.25 Å². The zero-order valence-corrected chi connectivity index (χ0v) is 15.3. The van der Waals surface area contributed by atoms with E-state index in [1.54, 1.807) is 5.06 Å². The number of hydrogen-bond acceptors (Lipinski definition) is 5. The molecule has 5 rings (SSSR count). The van der Waals surface area contributed by atoms with Crippen LogP contribution < -0.4 is 0 Å². The molecule has 3 fully saturated rings. The zero-order chi connectivity index (χ0) is 18.2. The van der Waals surface area contributed by atoms with Crippen molar-refractivity contribution in [1.29, 1.82) is 0 Å². The number of hydroxylamine groups is 2. The molecule has 1 saturated carbocycles. The van der Waals surface area contributed by atoms with Gasteiger partial charge in [-0.05, 0) is 37.2 Å². The number of aromatic nitrogens is 2. The lowest BCUT2D eigenvalue weighted by molar-refractivity contribution is -0.140. The first-order chi connectivity index (χ1) is 13.3. The first-order valence-corrected chi connectivity index (χ1v) is 9.87. The van der Waals surface area contributed by atoms with Crippen LogP contribution in [0.25, 0.3) is 0 Å². The molecule has 2 amide bonds. The molecule has 3 heterocycles. The Kier molecular flexibility index (Phi) is 4.32. The van der Waals surface area contributed by atoms with Crippen molar-refractivity contribution >= 4 is 6.03 Å². The van der Waals surface area contributed by atoms with Crippen molar-refractivity contribution in [2.45, 2.75) is 57.2 Å². The first-order valence-electron chi connectivity index (χ1n) is 9.87. The molecule has 2 atom stereocenters. The fourth-order valence-electron chi connectivity index (χ4n) is 4.20. The Bertz CT molecular complexity index is 805. The zero-order valence-electron chi connectivity index (χ0n) is 15.3. The summed E-state index contributed by atoms with van der Waals surface area (Å²) in [7, 11) is 0. The minimum atomic E-state index is -0.137. The Morgan fingerprint density at radius 1 is 1.11 bits per heavy atom. The molecule has 0 unspecified atom stereocenters. The molecule has 7 nitrogen and oxygen atoms in total. The van der Waals surface area contributed by atoms with Crippen LogP contribution in [0, 0.1) is 5.92 Å². The number of benzene rings is 1. The average Bonchev–Trinajstić information content (AvgIpc) is 3.22. The van der Waals surface area contributed by atoms with E-state index in [-0.39, 0.29) is 18.1 Å². The van der Waals surface area contributed by atoms with Gasteiger partial charge >= 0.3 is 6.03 Å². The predicted octanol–water partition coefficient (Wildman–Crippen LogP) is 3.49. The van der Waals surface area contributed by atoms with Crippen molar-refractivity contribution < 1.29 is 14.0 Å². The molecule has 2 bridgehead atoms. The molecule has 2 aliphatic heterocycles. The van der Waals surface area contributed by atoms with Crippen LogP contribution in [0.1, 0.15) is 55.5 Å². The summed E-state index contributed by atoms with van der Waals surface area (Å²) in [5, 5.41) is 10.0. The number of fused-ring (bicyclic) bond motifs is 2.